The van der Waals surface area contributed by atoms with E-state index >= 15 is 0 Å². The first-order valence-corrected chi connectivity index (χ1v) is 9.18. The first-order valence-electron chi connectivity index (χ1n) is 9.18. The molecule has 30 heavy (non-hydrogen) atoms. The van der Waals surface area contributed by atoms with E-state index in [-0.39, 0.29) is 0 Å². The SMILES string of the molecule is COc1cccc(/C=N\NC(=O)C(Oc2ccccc2)Oc2ccccc2)c1OC. The summed E-state index contributed by atoms with van der Waals surface area (Å²) >= 11 is 0. The van der Waals surface area contributed by atoms with Crippen LogP contribution in [0.25, 0.3) is 0 Å². The van der Waals surface area contributed by atoms with E-state index in [4.69, 9.17) is 18.9 Å². The van der Waals surface area contributed by atoms with E-state index in [0.29, 0.717) is 28.6 Å². The van der Waals surface area contributed by atoms with E-state index in [2.05, 4.69) is 10.5 Å². The van der Waals surface area contributed by atoms with Crippen LogP contribution >= 0.6 is 0 Å². The summed E-state index contributed by atoms with van der Waals surface area (Å²) in [5.74, 6) is 1.49. The predicted molar refractivity (Wildman–Crippen MR) is 113 cm³/mol. The highest BCUT2D eigenvalue weighted by Gasteiger charge is 2.22. The Morgan fingerprint density at radius 1 is 0.833 bits per heavy atom. The molecule has 0 saturated heterocycles. The molecular weight excluding hydrogens is 384 g/mol. The Bertz CT molecular complexity index is 936. The van der Waals surface area contributed by atoms with Crippen molar-refractivity contribution in [2.75, 3.05) is 14.2 Å². The Balaban J connectivity index is 1.73. The van der Waals surface area contributed by atoms with Crippen LogP contribution in [0.1, 0.15) is 5.56 Å². The van der Waals surface area contributed by atoms with Gasteiger partial charge < -0.3 is 18.9 Å². The number of methoxy groups -OCH3 is 2. The Labute approximate surface area is 174 Å². The number of benzene rings is 3. The highest BCUT2D eigenvalue weighted by Crippen LogP contribution is 2.29. The summed E-state index contributed by atoms with van der Waals surface area (Å²) < 4.78 is 22.0. The van der Waals surface area contributed by atoms with Crippen LogP contribution in [-0.4, -0.2) is 32.6 Å². The monoisotopic (exact) mass is 406 g/mol. The van der Waals surface area contributed by atoms with Crippen LogP contribution in [0.4, 0.5) is 0 Å². The van der Waals surface area contributed by atoms with Gasteiger partial charge in [-0.25, -0.2) is 5.43 Å². The number of rotatable bonds is 9. The van der Waals surface area contributed by atoms with Crippen molar-refractivity contribution in [3.05, 3.63) is 84.4 Å². The van der Waals surface area contributed by atoms with Gasteiger partial charge in [0.1, 0.15) is 11.5 Å². The maximum Gasteiger partial charge on any atom is 0.323 e. The van der Waals surface area contributed by atoms with Crippen molar-refractivity contribution in [2.24, 2.45) is 5.10 Å². The van der Waals surface area contributed by atoms with Crippen molar-refractivity contribution in [3.8, 4) is 23.0 Å². The third-order valence-corrected chi connectivity index (χ3v) is 4.00. The van der Waals surface area contributed by atoms with Gasteiger partial charge in [0.2, 0.25) is 0 Å². The Hall–Kier alpha value is -4.00. The topological polar surface area (TPSA) is 78.4 Å². The molecule has 3 aromatic rings. The quantitative estimate of drug-likeness (QED) is 0.333. The standard InChI is InChI=1S/C23H22N2O5/c1-27-20-15-9-10-17(21(20)28-2)16-24-25-22(26)23(29-18-11-5-3-6-12-18)30-19-13-7-4-8-14-19/h3-16,23H,1-2H3,(H,25,26)/b24-16-. The Kier molecular flexibility index (Phi) is 7.27. The van der Waals surface area contributed by atoms with Gasteiger partial charge in [0.05, 0.1) is 20.4 Å². The summed E-state index contributed by atoms with van der Waals surface area (Å²) in [4.78, 5) is 12.7. The van der Waals surface area contributed by atoms with E-state index in [0.717, 1.165) is 0 Å². The summed E-state index contributed by atoms with van der Waals surface area (Å²) in [5, 5.41) is 4.01. The van der Waals surface area contributed by atoms with Crippen LogP contribution in [0.3, 0.4) is 0 Å². The first-order chi connectivity index (χ1) is 14.7. The Morgan fingerprint density at radius 3 is 1.97 bits per heavy atom. The number of carbonyl (C=O) groups is 1. The molecule has 0 aliphatic rings. The minimum Gasteiger partial charge on any atom is -0.493 e. The van der Waals surface area contributed by atoms with E-state index in [1.165, 1.54) is 13.3 Å². The van der Waals surface area contributed by atoms with Crippen LogP contribution in [0, 0.1) is 0 Å². The lowest BCUT2D eigenvalue weighted by molar-refractivity contribution is -0.140. The van der Waals surface area contributed by atoms with Gasteiger partial charge in [0, 0.05) is 5.56 Å². The molecule has 0 heterocycles. The lowest BCUT2D eigenvalue weighted by atomic mass is 10.2. The number of nitrogens with one attached hydrogen (secondary N) is 1. The predicted octanol–water partition coefficient (Wildman–Crippen LogP) is 3.64. The van der Waals surface area contributed by atoms with Crippen molar-refractivity contribution in [1.82, 2.24) is 5.43 Å². The molecular formula is C23H22N2O5. The highest BCUT2D eigenvalue weighted by molar-refractivity contribution is 5.87. The number of carbonyl (C=O) groups excluding carboxylic acids is 1. The van der Waals surface area contributed by atoms with Gasteiger partial charge in [-0.15, -0.1) is 0 Å². The minimum atomic E-state index is -1.24. The smallest absolute Gasteiger partial charge is 0.323 e. The third-order valence-electron chi connectivity index (χ3n) is 4.00. The van der Waals surface area contributed by atoms with Crippen LogP contribution in [0.2, 0.25) is 0 Å². The van der Waals surface area contributed by atoms with Crippen LogP contribution in [0.15, 0.2) is 84.0 Å². The molecule has 0 aromatic heterocycles. The van der Waals surface area contributed by atoms with Gasteiger partial charge in [-0.05, 0) is 36.4 Å². The molecule has 0 aliphatic carbocycles. The molecule has 7 nitrogen and oxygen atoms in total. The van der Waals surface area contributed by atoms with E-state index < -0.39 is 12.2 Å². The molecule has 1 amide bonds. The largest absolute Gasteiger partial charge is 0.493 e. The summed E-state index contributed by atoms with van der Waals surface area (Å²) in [6.45, 7) is 0. The number of hydrogen-bond acceptors (Lipinski definition) is 6. The maximum absolute atomic E-state index is 12.7. The van der Waals surface area contributed by atoms with Gasteiger partial charge in [-0.1, -0.05) is 42.5 Å². The van der Waals surface area contributed by atoms with Crippen molar-refractivity contribution in [3.63, 3.8) is 0 Å². The first kappa shape index (κ1) is 20.7. The average molecular weight is 406 g/mol. The number of ether oxygens (including phenoxy) is 4. The molecule has 0 saturated carbocycles. The second-order valence-corrected chi connectivity index (χ2v) is 6.01. The molecule has 3 rings (SSSR count). The molecule has 0 spiro atoms. The van der Waals surface area contributed by atoms with Crippen molar-refractivity contribution < 1.29 is 23.7 Å². The van der Waals surface area contributed by atoms with Gasteiger partial charge in [-0.3, -0.25) is 4.79 Å². The number of para-hydroxylation sites is 3. The summed E-state index contributed by atoms with van der Waals surface area (Å²) in [7, 11) is 3.08. The molecule has 1 N–H and O–H groups in total. The van der Waals surface area contributed by atoms with Crippen LogP contribution < -0.4 is 24.4 Å². The molecule has 154 valence electrons. The van der Waals surface area contributed by atoms with Gasteiger partial charge >= 0.3 is 12.2 Å². The lowest BCUT2D eigenvalue weighted by Gasteiger charge is -2.18. The van der Waals surface area contributed by atoms with Crippen molar-refractivity contribution in [2.45, 2.75) is 6.29 Å². The minimum absolute atomic E-state index is 0.493. The fraction of sp³-hybridized carbons (Fsp3) is 0.130. The molecule has 7 heteroatoms. The van der Waals surface area contributed by atoms with Crippen LogP contribution in [-0.2, 0) is 4.79 Å². The van der Waals surface area contributed by atoms with Gasteiger partial charge in [0.25, 0.3) is 0 Å². The summed E-state index contributed by atoms with van der Waals surface area (Å²) in [6.07, 6.45) is 0.223. The zero-order valence-electron chi connectivity index (χ0n) is 16.6. The number of amides is 1. The number of nitrogens with zero attached hydrogens (tertiary/aromatic N) is 1. The molecule has 0 unspecified atom stereocenters. The zero-order chi connectivity index (χ0) is 21.2. The maximum atomic E-state index is 12.7. The molecule has 0 radical (unpaired) electrons. The zero-order valence-corrected chi connectivity index (χ0v) is 16.6. The second-order valence-electron chi connectivity index (χ2n) is 6.01. The number of hydrazone groups is 1. The molecule has 0 aliphatic heterocycles. The average Bonchev–Trinajstić information content (AvgIpc) is 2.79. The fourth-order valence-electron chi connectivity index (χ4n) is 2.61. The van der Waals surface area contributed by atoms with Crippen molar-refractivity contribution in [1.29, 1.82) is 0 Å². The lowest BCUT2D eigenvalue weighted by Crippen LogP contribution is -2.40. The van der Waals surface area contributed by atoms with E-state index in [9.17, 15) is 4.79 Å². The van der Waals surface area contributed by atoms with Gasteiger partial charge in [-0.2, -0.15) is 5.10 Å². The summed E-state index contributed by atoms with van der Waals surface area (Å²) in [5.41, 5.74) is 3.09. The summed E-state index contributed by atoms with van der Waals surface area (Å²) in [6, 6.07) is 23.2. The number of hydrogen-bond donors (Lipinski definition) is 1. The second kappa shape index (κ2) is 10.5. The fourth-order valence-corrected chi connectivity index (χ4v) is 2.61. The van der Waals surface area contributed by atoms with E-state index in [1.54, 1.807) is 73.8 Å². The van der Waals surface area contributed by atoms with Crippen molar-refractivity contribution >= 4 is 12.1 Å². The van der Waals surface area contributed by atoms with E-state index in [1.807, 2.05) is 12.1 Å². The molecule has 0 fully saturated rings. The third kappa shape index (κ3) is 5.51. The Morgan fingerprint density at radius 2 is 1.43 bits per heavy atom. The molecule has 0 atom stereocenters. The highest BCUT2D eigenvalue weighted by atomic mass is 16.7. The molecule has 0 bridgehead atoms. The van der Waals surface area contributed by atoms with Crippen LogP contribution in [0.5, 0.6) is 23.0 Å². The normalized spacial score (nSPS) is 10.6. The molecule has 3 aromatic carbocycles. The van der Waals surface area contributed by atoms with Gasteiger partial charge in [0.15, 0.2) is 11.5 Å².